The Morgan fingerprint density at radius 3 is 2.08 bits per heavy atom. The molecule has 0 aliphatic carbocycles. The van der Waals surface area contributed by atoms with Gasteiger partial charge in [0.1, 0.15) is 23.9 Å². The van der Waals surface area contributed by atoms with Gasteiger partial charge in [-0.15, -0.1) is 0 Å². The molecule has 3 amide bonds. The first kappa shape index (κ1) is 29.3. The van der Waals surface area contributed by atoms with Crippen molar-refractivity contribution in [3.63, 3.8) is 0 Å². The van der Waals surface area contributed by atoms with E-state index in [1.807, 2.05) is 13.8 Å². The summed E-state index contributed by atoms with van der Waals surface area (Å²) in [5.41, 5.74) is 7.31. The number of nitrogens with zero attached hydrogens (tertiary/aromatic N) is 1. The second-order valence-corrected chi connectivity index (χ2v) is 9.09. The van der Waals surface area contributed by atoms with Crippen molar-refractivity contribution in [1.82, 2.24) is 25.9 Å². The maximum atomic E-state index is 13.2. The van der Waals surface area contributed by atoms with Gasteiger partial charge in [-0.1, -0.05) is 26.0 Å². The number of rotatable bonds is 14. The van der Waals surface area contributed by atoms with Crippen LogP contribution in [0.1, 0.15) is 31.5 Å². The van der Waals surface area contributed by atoms with E-state index in [-0.39, 0.29) is 30.9 Å². The summed E-state index contributed by atoms with van der Waals surface area (Å²) in [5.74, 6) is -3.46. The molecule has 202 valence electrons. The van der Waals surface area contributed by atoms with Gasteiger partial charge >= 0.3 is 5.97 Å². The molecule has 9 N–H and O–H groups in total. The second-order valence-electron chi connectivity index (χ2n) is 9.09. The van der Waals surface area contributed by atoms with Gasteiger partial charge in [0.2, 0.25) is 17.7 Å². The predicted molar refractivity (Wildman–Crippen MR) is 132 cm³/mol. The minimum Gasteiger partial charge on any atom is -0.508 e. The van der Waals surface area contributed by atoms with E-state index in [9.17, 15) is 29.4 Å². The van der Waals surface area contributed by atoms with Crippen LogP contribution in [-0.4, -0.2) is 79.8 Å². The fourth-order valence-corrected chi connectivity index (χ4v) is 3.52. The number of aliphatic hydroxyl groups is 1. The third kappa shape index (κ3) is 9.54. The summed E-state index contributed by atoms with van der Waals surface area (Å²) in [6, 6.07) is 1.42. The highest BCUT2D eigenvalue weighted by Gasteiger charge is 2.31. The van der Waals surface area contributed by atoms with Crippen molar-refractivity contribution in [2.75, 3.05) is 6.61 Å². The Morgan fingerprint density at radius 2 is 1.54 bits per heavy atom. The smallest absolute Gasteiger partial charge is 0.328 e. The molecule has 1 aromatic carbocycles. The molecule has 4 atom stereocenters. The molecule has 0 saturated heterocycles. The lowest BCUT2D eigenvalue weighted by atomic mass is 10.0. The Balaban J connectivity index is 2.16. The van der Waals surface area contributed by atoms with Crippen molar-refractivity contribution < 1.29 is 34.5 Å². The van der Waals surface area contributed by atoms with Gasteiger partial charge in [-0.25, -0.2) is 9.78 Å². The number of amides is 3. The number of hydrogen-bond acceptors (Lipinski definition) is 8. The van der Waals surface area contributed by atoms with Crippen LogP contribution >= 0.6 is 0 Å². The molecular weight excluding hydrogens is 484 g/mol. The van der Waals surface area contributed by atoms with Gasteiger partial charge in [-0.05, 0) is 36.5 Å². The van der Waals surface area contributed by atoms with E-state index >= 15 is 0 Å². The fraction of sp³-hybridized carbons (Fsp3) is 0.458. The van der Waals surface area contributed by atoms with E-state index in [1.54, 1.807) is 12.1 Å². The molecule has 4 unspecified atom stereocenters. The monoisotopic (exact) mass is 518 g/mol. The topological polar surface area (TPSA) is 220 Å². The van der Waals surface area contributed by atoms with Crippen molar-refractivity contribution >= 4 is 23.7 Å². The number of nitrogens with one attached hydrogen (secondary N) is 4. The normalized spacial score (nSPS) is 14.3. The summed E-state index contributed by atoms with van der Waals surface area (Å²) in [5, 5.41) is 35.2. The summed E-state index contributed by atoms with van der Waals surface area (Å²) in [6.07, 6.45) is 3.26. The lowest BCUT2D eigenvalue weighted by molar-refractivity contribution is -0.143. The van der Waals surface area contributed by atoms with Gasteiger partial charge in [0, 0.05) is 18.3 Å². The lowest BCUT2D eigenvalue weighted by Gasteiger charge is -2.25. The van der Waals surface area contributed by atoms with Crippen LogP contribution in [0.25, 0.3) is 0 Å². The molecule has 2 rings (SSSR count). The number of carbonyl (C=O) groups excluding carboxylic acids is 3. The van der Waals surface area contributed by atoms with E-state index in [1.165, 1.54) is 24.7 Å². The first-order valence-electron chi connectivity index (χ1n) is 11.8. The molecule has 1 aromatic heterocycles. The highest BCUT2D eigenvalue weighted by atomic mass is 16.4. The van der Waals surface area contributed by atoms with Crippen LogP contribution in [0.15, 0.2) is 36.8 Å². The minimum atomic E-state index is -1.53. The van der Waals surface area contributed by atoms with E-state index in [0.29, 0.717) is 11.3 Å². The Morgan fingerprint density at radius 1 is 0.946 bits per heavy atom. The molecule has 13 heteroatoms. The molecule has 0 saturated carbocycles. The number of imidazole rings is 1. The number of nitrogens with two attached hydrogens (primary N) is 1. The number of aromatic nitrogens is 2. The van der Waals surface area contributed by atoms with Crippen LogP contribution in [0.4, 0.5) is 0 Å². The third-order valence-electron chi connectivity index (χ3n) is 5.48. The molecule has 2 aromatic rings. The number of carbonyl (C=O) groups is 4. The summed E-state index contributed by atoms with van der Waals surface area (Å²) in [4.78, 5) is 56.8. The molecule has 0 spiro atoms. The average molecular weight is 519 g/mol. The van der Waals surface area contributed by atoms with Gasteiger partial charge in [0.25, 0.3) is 0 Å². The Kier molecular flexibility index (Phi) is 11.0. The third-order valence-corrected chi connectivity index (χ3v) is 5.48. The van der Waals surface area contributed by atoms with Crippen molar-refractivity contribution in [3.05, 3.63) is 48.0 Å². The first-order valence-corrected chi connectivity index (χ1v) is 11.8. The maximum Gasteiger partial charge on any atom is 0.328 e. The molecule has 1 heterocycles. The van der Waals surface area contributed by atoms with Crippen LogP contribution in [0.5, 0.6) is 5.75 Å². The molecule has 0 radical (unpaired) electrons. The number of H-pyrrole nitrogens is 1. The standard InChI is InChI=1S/C24H34N6O7/c1-13(2)7-18(22(34)30-20(11-31)24(36)37)29-23(35)19(9-15-10-26-12-27-15)28-21(33)17(25)8-14-3-5-16(32)6-4-14/h3-6,10,12-13,17-20,31-32H,7-9,11,25H2,1-2H3,(H,26,27)(H,28,33)(H,29,35)(H,30,34)(H,36,37). The van der Waals surface area contributed by atoms with Crippen molar-refractivity contribution in [2.45, 2.75) is 57.3 Å². The summed E-state index contributed by atoms with van der Waals surface area (Å²) in [7, 11) is 0. The van der Waals surface area contributed by atoms with Crippen LogP contribution < -0.4 is 21.7 Å². The quantitative estimate of drug-likeness (QED) is 0.150. The number of carboxylic acid groups (broad SMARTS) is 1. The van der Waals surface area contributed by atoms with Crippen LogP contribution in [0.3, 0.4) is 0 Å². The number of carboxylic acids is 1. The van der Waals surface area contributed by atoms with Gasteiger partial charge in [0.15, 0.2) is 0 Å². The molecule has 0 aliphatic rings. The van der Waals surface area contributed by atoms with Gasteiger partial charge in [-0.3, -0.25) is 14.4 Å². The van der Waals surface area contributed by atoms with Gasteiger partial charge in [0.05, 0.1) is 19.0 Å². The van der Waals surface area contributed by atoms with Crippen LogP contribution in [0.2, 0.25) is 0 Å². The zero-order valence-electron chi connectivity index (χ0n) is 20.7. The van der Waals surface area contributed by atoms with Crippen molar-refractivity contribution in [3.8, 4) is 5.75 Å². The van der Waals surface area contributed by atoms with Gasteiger partial charge in [-0.2, -0.15) is 0 Å². The van der Waals surface area contributed by atoms with Gasteiger partial charge < -0.3 is 42.0 Å². The highest BCUT2D eigenvalue weighted by Crippen LogP contribution is 2.11. The van der Waals surface area contributed by atoms with Crippen molar-refractivity contribution in [1.29, 1.82) is 0 Å². The summed E-state index contributed by atoms with van der Waals surface area (Å²) >= 11 is 0. The van der Waals surface area contributed by atoms with Crippen molar-refractivity contribution in [2.24, 2.45) is 11.7 Å². The zero-order valence-corrected chi connectivity index (χ0v) is 20.7. The Hall–Kier alpha value is -3.97. The maximum absolute atomic E-state index is 13.2. The molecule has 0 fully saturated rings. The lowest BCUT2D eigenvalue weighted by Crippen LogP contribution is -2.58. The molecule has 13 nitrogen and oxygen atoms in total. The Bertz CT molecular complexity index is 1040. The second kappa shape index (κ2) is 13.9. The SMILES string of the molecule is CC(C)CC(NC(=O)C(Cc1cnc[nH]1)NC(=O)C(N)Cc1ccc(O)cc1)C(=O)NC(CO)C(=O)O. The highest BCUT2D eigenvalue weighted by molar-refractivity contribution is 5.94. The number of phenols is 1. The van der Waals surface area contributed by atoms with E-state index < -0.39 is 54.5 Å². The molecular formula is C24H34N6O7. The number of hydrogen-bond donors (Lipinski definition) is 8. The Labute approximate surface area is 213 Å². The summed E-state index contributed by atoms with van der Waals surface area (Å²) in [6.45, 7) is 2.82. The van der Waals surface area contributed by atoms with E-state index in [2.05, 4.69) is 25.9 Å². The average Bonchev–Trinajstić information content (AvgIpc) is 3.35. The van der Waals surface area contributed by atoms with E-state index in [0.717, 1.165) is 0 Å². The number of aromatic amines is 1. The number of aromatic hydroxyl groups is 1. The fourth-order valence-electron chi connectivity index (χ4n) is 3.52. The number of benzene rings is 1. The number of aliphatic carboxylic acids is 1. The number of aliphatic hydroxyl groups excluding tert-OH is 1. The molecule has 0 aliphatic heterocycles. The molecule has 0 bridgehead atoms. The summed E-state index contributed by atoms with van der Waals surface area (Å²) < 4.78 is 0. The predicted octanol–water partition coefficient (Wildman–Crippen LogP) is -1.19. The largest absolute Gasteiger partial charge is 0.508 e. The first-order chi connectivity index (χ1) is 17.5. The molecule has 37 heavy (non-hydrogen) atoms. The van der Waals surface area contributed by atoms with Crippen LogP contribution in [0, 0.1) is 5.92 Å². The van der Waals surface area contributed by atoms with Crippen LogP contribution in [-0.2, 0) is 32.0 Å². The number of phenolic OH excluding ortho intramolecular Hbond substituents is 1. The van der Waals surface area contributed by atoms with E-state index in [4.69, 9.17) is 10.8 Å². The minimum absolute atomic E-state index is 0.0217. The zero-order chi connectivity index (χ0) is 27.5.